The molecule has 0 amide bonds. The smallest absolute Gasteiger partial charge is 0.263 e. The van der Waals surface area contributed by atoms with Crippen LogP contribution in [0.2, 0.25) is 10.0 Å². The SMILES string of the molecule is Cc1cc(Cl)c(C)c(S(=O)(=O)Nc2c(C)noc2C)c1Cl. The third kappa shape index (κ3) is 2.88. The summed E-state index contributed by atoms with van der Waals surface area (Å²) in [5.74, 6) is 0.378. The average molecular weight is 349 g/mol. The van der Waals surface area contributed by atoms with Gasteiger partial charge >= 0.3 is 0 Å². The fraction of sp³-hybridized carbons (Fsp3) is 0.308. The highest BCUT2D eigenvalue weighted by molar-refractivity contribution is 7.93. The molecule has 1 N–H and O–H groups in total. The lowest BCUT2D eigenvalue weighted by Gasteiger charge is -2.14. The Bertz CT molecular complexity index is 768. The van der Waals surface area contributed by atoms with E-state index < -0.39 is 10.0 Å². The Kier molecular flexibility index (Phi) is 4.24. The molecule has 0 atom stereocenters. The first-order valence-corrected chi connectivity index (χ1v) is 8.30. The molecule has 0 saturated carbocycles. The number of anilines is 1. The van der Waals surface area contributed by atoms with Gasteiger partial charge in [0.1, 0.15) is 16.3 Å². The van der Waals surface area contributed by atoms with Crippen molar-refractivity contribution in [2.75, 3.05) is 4.72 Å². The zero-order valence-electron chi connectivity index (χ0n) is 11.9. The lowest BCUT2D eigenvalue weighted by atomic mass is 10.2. The van der Waals surface area contributed by atoms with Crippen molar-refractivity contribution in [3.8, 4) is 0 Å². The first kappa shape index (κ1) is 16.1. The summed E-state index contributed by atoms with van der Waals surface area (Å²) in [4.78, 5) is -0.0332. The Morgan fingerprint density at radius 3 is 2.33 bits per heavy atom. The van der Waals surface area contributed by atoms with E-state index in [1.165, 1.54) is 0 Å². The van der Waals surface area contributed by atoms with E-state index in [1.54, 1.807) is 33.8 Å². The molecule has 0 saturated heterocycles. The molecule has 0 aliphatic carbocycles. The van der Waals surface area contributed by atoms with Crippen LogP contribution in [0, 0.1) is 27.7 Å². The molecule has 2 rings (SSSR count). The minimum Gasteiger partial charge on any atom is -0.359 e. The van der Waals surface area contributed by atoms with Crippen LogP contribution in [0.3, 0.4) is 0 Å². The second-order valence-electron chi connectivity index (χ2n) is 4.75. The molecule has 0 spiro atoms. The van der Waals surface area contributed by atoms with Crippen LogP contribution in [0.25, 0.3) is 0 Å². The molecule has 0 radical (unpaired) electrons. The number of nitrogens with zero attached hydrogens (tertiary/aromatic N) is 1. The van der Waals surface area contributed by atoms with Gasteiger partial charge in [0.25, 0.3) is 10.0 Å². The van der Waals surface area contributed by atoms with Crippen LogP contribution >= 0.6 is 23.2 Å². The molecule has 0 bridgehead atoms. The summed E-state index contributed by atoms with van der Waals surface area (Å²) in [5.41, 5.74) is 1.74. The predicted molar refractivity (Wildman–Crippen MR) is 82.7 cm³/mol. The molecule has 114 valence electrons. The van der Waals surface area contributed by atoms with Gasteiger partial charge in [-0.3, -0.25) is 4.72 Å². The quantitative estimate of drug-likeness (QED) is 0.909. The number of rotatable bonds is 3. The van der Waals surface area contributed by atoms with E-state index in [2.05, 4.69) is 9.88 Å². The summed E-state index contributed by atoms with van der Waals surface area (Å²) in [6.45, 7) is 6.57. The Hall–Kier alpha value is -1.24. The average Bonchev–Trinajstić information content (AvgIpc) is 2.68. The number of aromatic nitrogens is 1. The van der Waals surface area contributed by atoms with Crippen LogP contribution in [-0.2, 0) is 10.0 Å². The fourth-order valence-electron chi connectivity index (χ4n) is 1.95. The van der Waals surface area contributed by atoms with Crippen molar-refractivity contribution in [1.29, 1.82) is 0 Å². The summed E-state index contributed by atoms with van der Waals surface area (Å²) < 4.78 is 32.7. The first-order valence-electron chi connectivity index (χ1n) is 6.06. The molecular formula is C13H14Cl2N2O3S. The van der Waals surface area contributed by atoms with Gasteiger partial charge in [-0.05, 0) is 44.9 Å². The van der Waals surface area contributed by atoms with Gasteiger partial charge in [-0.2, -0.15) is 0 Å². The molecule has 1 aromatic heterocycles. The number of aryl methyl sites for hydroxylation is 3. The van der Waals surface area contributed by atoms with Gasteiger partial charge in [-0.15, -0.1) is 0 Å². The molecule has 0 aliphatic heterocycles. The number of nitrogens with one attached hydrogen (secondary N) is 1. The highest BCUT2D eigenvalue weighted by Crippen LogP contribution is 2.35. The van der Waals surface area contributed by atoms with Crippen molar-refractivity contribution in [2.24, 2.45) is 0 Å². The lowest BCUT2D eigenvalue weighted by Crippen LogP contribution is -2.16. The third-order valence-electron chi connectivity index (χ3n) is 3.13. The molecule has 1 heterocycles. The highest BCUT2D eigenvalue weighted by atomic mass is 35.5. The summed E-state index contributed by atoms with van der Waals surface area (Å²) in [6, 6.07) is 1.63. The second-order valence-corrected chi connectivity index (χ2v) is 7.15. The number of sulfonamides is 1. The number of benzene rings is 1. The predicted octanol–water partition coefficient (Wildman–Crippen LogP) is 4.02. The van der Waals surface area contributed by atoms with E-state index in [4.69, 9.17) is 27.7 Å². The number of hydrogen-bond donors (Lipinski definition) is 1. The summed E-state index contributed by atoms with van der Waals surface area (Å²) >= 11 is 12.2. The maximum Gasteiger partial charge on any atom is 0.263 e. The van der Waals surface area contributed by atoms with E-state index in [0.717, 1.165) is 0 Å². The Labute approximate surface area is 133 Å². The van der Waals surface area contributed by atoms with Crippen molar-refractivity contribution >= 4 is 38.9 Å². The van der Waals surface area contributed by atoms with Crippen molar-refractivity contribution in [1.82, 2.24) is 5.16 Å². The van der Waals surface area contributed by atoms with Crippen LogP contribution in [0.5, 0.6) is 0 Å². The minimum absolute atomic E-state index is 0.0332. The Morgan fingerprint density at radius 1 is 1.19 bits per heavy atom. The summed E-state index contributed by atoms with van der Waals surface area (Å²) in [5, 5.41) is 4.21. The Balaban J connectivity index is 2.61. The molecule has 1 aromatic carbocycles. The second kappa shape index (κ2) is 5.51. The third-order valence-corrected chi connectivity index (χ3v) is 5.64. The van der Waals surface area contributed by atoms with Crippen molar-refractivity contribution in [3.63, 3.8) is 0 Å². The van der Waals surface area contributed by atoms with Crippen LogP contribution in [-0.4, -0.2) is 13.6 Å². The van der Waals surface area contributed by atoms with E-state index in [1.807, 2.05) is 0 Å². The fourth-order valence-corrected chi connectivity index (χ4v) is 4.33. The summed E-state index contributed by atoms with van der Waals surface area (Å²) in [7, 11) is -3.90. The van der Waals surface area contributed by atoms with Gasteiger partial charge < -0.3 is 4.52 Å². The van der Waals surface area contributed by atoms with E-state index in [9.17, 15) is 8.42 Å². The largest absolute Gasteiger partial charge is 0.359 e. The standard InChI is InChI=1S/C13H14Cl2N2O3S/c1-6-5-10(14)7(2)13(11(6)15)21(18,19)17-12-8(3)16-20-9(12)4/h5,17H,1-4H3. The first-order chi connectivity index (χ1) is 9.65. The lowest BCUT2D eigenvalue weighted by molar-refractivity contribution is 0.393. The molecule has 21 heavy (non-hydrogen) atoms. The zero-order chi connectivity index (χ0) is 15.9. The summed E-state index contributed by atoms with van der Waals surface area (Å²) in [6.07, 6.45) is 0. The van der Waals surface area contributed by atoms with E-state index in [0.29, 0.717) is 33.3 Å². The normalized spacial score (nSPS) is 11.7. The highest BCUT2D eigenvalue weighted by Gasteiger charge is 2.26. The molecule has 8 heteroatoms. The van der Waals surface area contributed by atoms with Gasteiger partial charge in [0.2, 0.25) is 0 Å². The van der Waals surface area contributed by atoms with Gasteiger partial charge in [-0.1, -0.05) is 28.4 Å². The van der Waals surface area contributed by atoms with Crippen LogP contribution in [0.15, 0.2) is 15.5 Å². The monoisotopic (exact) mass is 348 g/mol. The molecule has 2 aromatic rings. The maximum absolute atomic E-state index is 12.6. The maximum atomic E-state index is 12.6. The molecule has 0 fully saturated rings. The van der Waals surface area contributed by atoms with Gasteiger partial charge in [0, 0.05) is 5.02 Å². The van der Waals surface area contributed by atoms with Crippen molar-refractivity contribution < 1.29 is 12.9 Å². The van der Waals surface area contributed by atoms with E-state index in [-0.39, 0.29) is 9.92 Å². The van der Waals surface area contributed by atoms with Crippen molar-refractivity contribution in [3.05, 3.63) is 38.7 Å². The minimum atomic E-state index is -3.90. The van der Waals surface area contributed by atoms with Crippen LogP contribution in [0.4, 0.5) is 5.69 Å². The van der Waals surface area contributed by atoms with Crippen LogP contribution in [0.1, 0.15) is 22.6 Å². The van der Waals surface area contributed by atoms with E-state index >= 15 is 0 Å². The zero-order valence-corrected chi connectivity index (χ0v) is 14.2. The topological polar surface area (TPSA) is 72.2 Å². The van der Waals surface area contributed by atoms with Gasteiger partial charge in [0.05, 0.1) is 5.02 Å². The Morgan fingerprint density at radius 2 is 1.81 bits per heavy atom. The van der Waals surface area contributed by atoms with Crippen LogP contribution < -0.4 is 4.72 Å². The molecular weight excluding hydrogens is 335 g/mol. The van der Waals surface area contributed by atoms with Crippen molar-refractivity contribution in [2.45, 2.75) is 32.6 Å². The van der Waals surface area contributed by atoms with Gasteiger partial charge in [-0.25, -0.2) is 8.42 Å². The number of halogens is 2. The van der Waals surface area contributed by atoms with Gasteiger partial charge in [0.15, 0.2) is 5.76 Å². The molecule has 0 aliphatic rings. The number of hydrogen-bond acceptors (Lipinski definition) is 4. The molecule has 0 unspecified atom stereocenters. The molecule has 5 nitrogen and oxygen atoms in total.